The number of fused-ring (bicyclic) bond motifs is 1. The zero-order valence-electron chi connectivity index (χ0n) is 21.2. The summed E-state index contributed by atoms with van der Waals surface area (Å²) in [5.74, 6) is 0.345. The number of hydrogen-bond acceptors (Lipinski definition) is 4. The van der Waals surface area contributed by atoms with Crippen molar-refractivity contribution in [3.63, 3.8) is 0 Å². The number of benzene rings is 1. The van der Waals surface area contributed by atoms with E-state index in [1.807, 2.05) is 26.0 Å². The van der Waals surface area contributed by atoms with Crippen molar-refractivity contribution in [1.82, 2.24) is 0 Å². The van der Waals surface area contributed by atoms with Gasteiger partial charge < -0.3 is 0 Å². The van der Waals surface area contributed by atoms with Crippen LogP contribution in [0.5, 0.6) is 0 Å². The molecule has 178 valence electrons. The molecule has 1 aliphatic carbocycles. The number of carbonyl (C=O) groups is 4. The van der Waals surface area contributed by atoms with Gasteiger partial charge in [0.25, 0.3) is 0 Å². The average molecular weight is 443 g/mol. The summed E-state index contributed by atoms with van der Waals surface area (Å²) in [5, 5.41) is 0. The third kappa shape index (κ3) is 7.50. The van der Waals surface area contributed by atoms with E-state index in [4.69, 9.17) is 0 Å². The summed E-state index contributed by atoms with van der Waals surface area (Å²) in [6, 6.07) is 3.76. The molecule has 0 fully saturated rings. The minimum atomic E-state index is -0.114. The van der Waals surface area contributed by atoms with Crippen LogP contribution in [0.15, 0.2) is 12.1 Å². The summed E-state index contributed by atoms with van der Waals surface area (Å²) in [4.78, 5) is 48.8. The van der Waals surface area contributed by atoms with E-state index in [0.717, 1.165) is 48.8 Å². The molecule has 0 amide bonds. The van der Waals surface area contributed by atoms with Gasteiger partial charge in [-0.15, -0.1) is 0 Å². The highest BCUT2D eigenvalue weighted by Gasteiger charge is 2.33. The Balaban J connectivity index is 0.00000161. The molecule has 0 spiro atoms. The average Bonchev–Trinajstić information content (AvgIpc) is 2.68. The molecule has 4 heteroatoms. The van der Waals surface area contributed by atoms with E-state index in [-0.39, 0.29) is 47.3 Å². The van der Waals surface area contributed by atoms with Gasteiger partial charge in [-0.2, -0.15) is 0 Å². The number of hydrogen-bond donors (Lipinski definition) is 0. The van der Waals surface area contributed by atoms with Gasteiger partial charge in [-0.05, 0) is 63.0 Å². The van der Waals surface area contributed by atoms with Crippen LogP contribution >= 0.6 is 0 Å². The Hall–Kier alpha value is -2.10. The topological polar surface area (TPSA) is 68.3 Å². The van der Waals surface area contributed by atoms with E-state index in [0.29, 0.717) is 12.0 Å². The lowest BCUT2D eigenvalue weighted by Crippen LogP contribution is -2.30. The summed E-state index contributed by atoms with van der Waals surface area (Å²) >= 11 is 0. The Labute approximate surface area is 194 Å². The van der Waals surface area contributed by atoms with Crippen molar-refractivity contribution < 1.29 is 19.2 Å². The fourth-order valence-electron chi connectivity index (χ4n) is 5.10. The molecule has 0 saturated carbocycles. The first-order valence-corrected chi connectivity index (χ1v) is 12.3. The van der Waals surface area contributed by atoms with Crippen molar-refractivity contribution in [2.75, 3.05) is 0 Å². The molecule has 3 unspecified atom stereocenters. The van der Waals surface area contributed by atoms with Crippen LogP contribution in [-0.2, 0) is 16.0 Å². The maximum atomic E-state index is 12.9. The van der Waals surface area contributed by atoms with Crippen molar-refractivity contribution in [2.45, 2.75) is 99.8 Å². The van der Waals surface area contributed by atoms with Crippen molar-refractivity contribution in [1.29, 1.82) is 0 Å². The van der Waals surface area contributed by atoms with Gasteiger partial charge in [0, 0.05) is 23.5 Å². The Morgan fingerprint density at radius 3 is 2.16 bits per heavy atom. The molecule has 32 heavy (non-hydrogen) atoms. The molecule has 0 saturated heterocycles. The molecule has 4 nitrogen and oxygen atoms in total. The summed E-state index contributed by atoms with van der Waals surface area (Å²) in [5.41, 5.74) is 3.17. The van der Waals surface area contributed by atoms with Gasteiger partial charge >= 0.3 is 0 Å². The fourth-order valence-corrected chi connectivity index (χ4v) is 5.10. The molecule has 0 heterocycles. The SMILES string of the molecule is CCC.CCCC(CC1CC(=O)c2c(ccc(C(C)=O)c2C)C1)C(CC)C(=O)CC(C)=O. The van der Waals surface area contributed by atoms with E-state index < -0.39 is 0 Å². The highest BCUT2D eigenvalue weighted by molar-refractivity contribution is 6.04. The third-order valence-corrected chi connectivity index (χ3v) is 6.33. The smallest absolute Gasteiger partial charge is 0.163 e. The number of Topliss-reactive ketones (excluding diaryl/α,β-unsaturated/α-hetero) is 4. The normalized spacial score (nSPS) is 17.0. The van der Waals surface area contributed by atoms with Crippen molar-refractivity contribution >= 4 is 23.1 Å². The van der Waals surface area contributed by atoms with E-state index in [2.05, 4.69) is 20.8 Å². The van der Waals surface area contributed by atoms with E-state index in [1.54, 1.807) is 0 Å². The van der Waals surface area contributed by atoms with Crippen LogP contribution in [0.1, 0.15) is 118 Å². The van der Waals surface area contributed by atoms with Crippen molar-refractivity contribution in [2.24, 2.45) is 17.8 Å². The van der Waals surface area contributed by atoms with Gasteiger partial charge in [0.15, 0.2) is 11.6 Å². The van der Waals surface area contributed by atoms with Crippen LogP contribution in [0.2, 0.25) is 0 Å². The Morgan fingerprint density at radius 1 is 1.03 bits per heavy atom. The summed E-state index contributed by atoms with van der Waals surface area (Å²) in [6.45, 7) is 13.2. The highest BCUT2D eigenvalue weighted by atomic mass is 16.1. The standard InChI is InChI=1S/C25H34O4.C3H8/c1-6-8-19(21(7-2)23(28)11-15(3)26)12-18-13-20-9-10-22(17(5)27)16(4)25(20)24(29)14-18;1-3-2/h9-10,18-19,21H,6-8,11-14H2,1-5H3;3H2,1-2H3. The maximum absolute atomic E-state index is 12.9. The predicted octanol–water partition coefficient (Wildman–Crippen LogP) is 6.74. The summed E-state index contributed by atoms with van der Waals surface area (Å²) in [7, 11) is 0. The fraction of sp³-hybridized carbons (Fsp3) is 0.643. The first-order valence-electron chi connectivity index (χ1n) is 12.3. The van der Waals surface area contributed by atoms with Gasteiger partial charge in [-0.3, -0.25) is 19.2 Å². The van der Waals surface area contributed by atoms with E-state index >= 15 is 0 Å². The molecular formula is C28H42O4. The second-order valence-electron chi connectivity index (χ2n) is 9.38. The molecule has 0 radical (unpaired) electrons. The van der Waals surface area contributed by atoms with E-state index in [9.17, 15) is 19.2 Å². The zero-order valence-corrected chi connectivity index (χ0v) is 21.2. The van der Waals surface area contributed by atoms with Crippen LogP contribution in [0.3, 0.4) is 0 Å². The lowest BCUT2D eigenvalue weighted by atomic mass is 9.72. The second-order valence-corrected chi connectivity index (χ2v) is 9.38. The first-order chi connectivity index (χ1) is 15.1. The highest BCUT2D eigenvalue weighted by Crippen LogP contribution is 2.37. The zero-order chi connectivity index (χ0) is 24.4. The third-order valence-electron chi connectivity index (χ3n) is 6.33. The van der Waals surface area contributed by atoms with E-state index in [1.165, 1.54) is 20.3 Å². The van der Waals surface area contributed by atoms with Crippen LogP contribution in [-0.4, -0.2) is 23.1 Å². The first kappa shape index (κ1) is 27.9. The summed E-state index contributed by atoms with van der Waals surface area (Å²) in [6.07, 6.45) is 6.00. The molecule has 0 aliphatic heterocycles. The maximum Gasteiger partial charge on any atom is 0.163 e. The van der Waals surface area contributed by atoms with Crippen LogP contribution < -0.4 is 0 Å². The molecule has 1 aromatic carbocycles. The van der Waals surface area contributed by atoms with Gasteiger partial charge in [0.05, 0.1) is 6.42 Å². The molecule has 1 aliphatic rings. The largest absolute Gasteiger partial charge is 0.300 e. The lowest BCUT2D eigenvalue weighted by molar-refractivity contribution is -0.129. The molecule has 1 aromatic rings. The quantitative estimate of drug-likeness (QED) is 0.297. The Morgan fingerprint density at radius 2 is 1.66 bits per heavy atom. The monoisotopic (exact) mass is 442 g/mol. The minimum absolute atomic E-state index is 0.0121. The number of ketones is 4. The lowest BCUT2D eigenvalue weighted by Gasteiger charge is -2.32. The predicted molar refractivity (Wildman–Crippen MR) is 130 cm³/mol. The Bertz CT molecular complexity index is 821. The number of carbonyl (C=O) groups excluding carboxylic acids is 4. The van der Waals surface area contributed by atoms with Crippen LogP contribution in [0.25, 0.3) is 0 Å². The van der Waals surface area contributed by atoms with Crippen LogP contribution in [0, 0.1) is 24.7 Å². The molecule has 0 aromatic heterocycles. The second kappa shape index (κ2) is 13.4. The summed E-state index contributed by atoms with van der Waals surface area (Å²) < 4.78 is 0. The van der Waals surface area contributed by atoms with Gasteiger partial charge in [-0.25, -0.2) is 0 Å². The van der Waals surface area contributed by atoms with Crippen LogP contribution in [0.4, 0.5) is 0 Å². The minimum Gasteiger partial charge on any atom is -0.300 e. The van der Waals surface area contributed by atoms with Gasteiger partial charge in [0.2, 0.25) is 0 Å². The van der Waals surface area contributed by atoms with Gasteiger partial charge in [0.1, 0.15) is 11.6 Å². The number of rotatable bonds is 10. The van der Waals surface area contributed by atoms with Crippen molar-refractivity contribution in [3.05, 3.63) is 34.4 Å². The van der Waals surface area contributed by atoms with Gasteiger partial charge in [-0.1, -0.05) is 59.1 Å². The van der Waals surface area contributed by atoms with Crippen molar-refractivity contribution in [3.8, 4) is 0 Å². The molecular weight excluding hydrogens is 400 g/mol. The molecule has 0 bridgehead atoms. The molecule has 0 N–H and O–H groups in total. The molecule has 3 atom stereocenters. The Kier molecular flexibility index (Phi) is 11.7. The molecule has 2 rings (SSSR count).